The molecule has 2 unspecified atom stereocenters. The molecule has 1 saturated heterocycles. The molecule has 11 heteroatoms. The third-order valence-corrected chi connectivity index (χ3v) is 7.08. The van der Waals surface area contributed by atoms with Gasteiger partial charge in [0.1, 0.15) is 23.9 Å². The average molecular weight is 560 g/mol. The molecule has 4 aromatic rings. The first-order valence-electron chi connectivity index (χ1n) is 13.4. The topological polar surface area (TPSA) is 117 Å². The number of rotatable bonds is 11. The van der Waals surface area contributed by atoms with E-state index in [9.17, 15) is 9.59 Å². The number of aromatic nitrogens is 3. The molecule has 0 aliphatic carbocycles. The van der Waals surface area contributed by atoms with Crippen molar-refractivity contribution < 1.29 is 28.5 Å². The van der Waals surface area contributed by atoms with E-state index in [4.69, 9.17) is 18.9 Å². The van der Waals surface area contributed by atoms with Gasteiger partial charge < -0.3 is 24.3 Å². The van der Waals surface area contributed by atoms with Crippen LogP contribution in [0.15, 0.2) is 66.7 Å². The lowest BCUT2D eigenvalue weighted by molar-refractivity contribution is -0.127. The molecule has 1 aromatic heterocycles. The molecule has 5 rings (SSSR count). The second kappa shape index (κ2) is 12.7. The summed E-state index contributed by atoms with van der Waals surface area (Å²) in [6, 6.07) is 18.5. The number of nitrogens with zero attached hydrogens (tertiary/aromatic N) is 4. The van der Waals surface area contributed by atoms with Crippen LogP contribution >= 0.6 is 0 Å². The zero-order chi connectivity index (χ0) is 28.8. The van der Waals surface area contributed by atoms with Crippen LogP contribution in [0.5, 0.6) is 17.2 Å². The predicted octanol–water partition coefficient (Wildman–Crippen LogP) is 3.53. The van der Waals surface area contributed by atoms with Gasteiger partial charge in [0.25, 0.3) is 0 Å². The maximum atomic E-state index is 14.2. The lowest BCUT2D eigenvalue weighted by Crippen LogP contribution is -2.46. The molecule has 11 nitrogen and oxygen atoms in total. The number of ether oxygens (including phenoxy) is 4. The van der Waals surface area contributed by atoms with Gasteiger partial charge in [-0.15, -0.1) is 5.10 Å². The molecule has 41 heavy (non-hydrogen) atoms. The second-order valence-corrected chi connectivity index (χ2v) is 9.59. The number of benzene rings is 3. The summed E-state index contributed by atoms with van der Waals surface area (Å²) in [6.07, 6.45) is 1.74. The number of carbonyl (C=O) groups excluding carboxylic acids is 2. The lowest BCUT2D eigenvalue weighted by atomic mass is 10.0. The molecule has 0 bridgehead atoms. The number of carbonyl (C=O) groups is 2. The summed E-state index contributed by atoms with van der Waals surface area (Å²) in [7, 11) is 4.63. The Labute approximate surface area is 237 Å². The molecule has 1 aliphatic rings. The average Bonchev–Trinajstić information content (AvgIpc) is 3.69. The van der Waals surface area contributed by atoms with Crippen molar-refractivity contribution in [3.8, 4) is 17.2 Å². The summed E-state index contributed by atoms with van der Waals surface area (Å²) in [5, 5.41) is 11.4. The van der Waals surface area contributed by atoms with Gasteiger partial charge in [-0.1, -0.05) is 23.4 Å². The van der Waals surface area contributed by atoms with E-state index in [1.54, 1.807) is 56.7 Å². The highest BCUT2D eigenvalue weighted by molar-refractivity contribution is 6.01. The van der Waals surface area contributed by atoms with Gasteiger partial charge in [-0.3, -0.25) is 14.5 Å². The van der Waals surface area contributed by atoms with Gasteiger partial charge in [0, 0.05) is 18.8 Å². The van der Waals surface area contributed by atoms with Crippen molar-refractivity contribution in [1.82, 2.24) is 20.3 Å². The maximum Gasteiger partial charge on any atom is 0.249 e. The molecule has 2 atom stereocenters. The van der Waals surface area contributed by atoms with E-state index < -0.39 is 6.04 Å². The Morgan fingerprint density at radius 1 is 1.02 bits per heavy atom. The molecule has 1 N–H and O–H groups in total. The number of hydrogen-bond acceptors (Lipinski definition) is 8. The van der Waals surface area contributed by atoms with Gasteiger partial charge in [0.05, 0.1) is 33.0 Å². The van der Waals surface area contributed by atoms with Gasteiger partial charge in [-0.05, 0) is 66.9 Å². The van der Waals surface area contributed by atoms with Crippen LogP contribution in [-0.4, -0.2) is 67.4 Å². The van der Waals surface area contributed by atoms with Crippen molar-refractivity contribution in [2.24, 2.45) is 0 Å². The van der Waals surface area contributed by atoms with Gasteiger partial charge >= 0.3 is 0 Å². The minimum absolute atomic E-state index is 0.0725. The number of hydrogen-bond donors (Lipinski definition) is 1. The maximum absolute atomic E-state index is 14.2. The fourth-order valence-electron chi connectivity index (χ4n) is 4.98. The van der Waals surface area contributed by atoms with E-state index >= 15 is 0 Å². The minimum atomic E-state index is -1.05. The standard InChI is InChI=1S/C30H33N5O6/c1-38-22-13-11-21(12-14-22)35(28(36)19-34-25-9-5-4-8-24(25)32-33-34)29(30(37)31-18-23-7-6-16-41-23)20-10-15-26(39-2)27(17-20)40-3/h4-5,8-15,17,23,29H,6-7,16,18-19H2,1-3H3,(H,31,37). The van der Waals surface area contributed by atoms with E-state index in [2.05, 4.69) is 15.6 Å². The first-order chi connectivity index (χ1) is 20.0. The molecule has 0 saturated carbocycles. The molecule has 1 fully saturated rings. The van der Waals surface area contributed by atoms with Gasteiger partial charge in [0.15, 0.2) is 11.5 Å². The Hall–Kier alpha value is -4.64. The summed E-state index contributed by atoms with van der Waals surface area (Å²) in [5.41, 5.74) is 2.43. The zero-order valence-corrected chi connectivity index (χ0v) is 23.3. The monoisotopic (exact) mass is 559 g/mol. The summed E-state index contributed by atoms with van der Waals surface area (Å²) in [5.74, 6) is 0.838. The van der Waals surface area contributed by atoms with E-state index in [0.29, 0.717) is 52.7 Å². The van der Waals surface area contributed by atoms with Crippen molar-refractivity contribution >= 4 is 28.5 Å². The van der Waals surface area contributed by atoms with E-state index in [1.165, 1.54) is 16.7 Å². The number of anilines is 1. The van der Waals surface area contributed by atoms with Gasteiger partial charge in [-0.2, -0.15) is 0 Å². The highest BCUT2D eigenvalue weighted by Gasteiger charge is 2.34. The summed E-state index contributed by atoms with van der Waals surface area (Å²) < 4.78 is 23.5. The van der Waals surface area contributed by atoms with Crippen LogP contribution in [0.2, 0.25) is 0 Å². The summed E-state index contributed by atoms with van der Waals surface area (Å²) in [4.78, 5) is 29.7. The lowest BCUT2D eigenvalue weighted by Gasteiger charge is -2.32. The largest absolute Gasteiger partial charge is 0.497 e. The summed E-state index contributed by atoms with van der Waals surface area (Å²) >= 11 is 0. The van der Waals surface area contributed by atoms with Crippen LogP contribution in [0.1, 0.15) is 24.4 Å². The van der Waals surface area contributed by atoms with Crippen molar-refractivity contribution in [3.63, 3.8) is 0 Å². The third-order valence-electron chi connectivity index (χ3n) is 7.08. The quantitative estimate of drug-likeness (QED) is 0.297. The Morgan fingerprint density at radius 2 is 1.80 bits per heavy atom. The molecule has 0 radical (unpaired) electrons. The number of fused-ring (bicyclic) bond motifs is 1. The second-order valence-electron chi connectivity index (χ2n) is 9.59. The fraction of sp³-hybridized carbons (Fsp3) is 0.333. The van der Waals surface area contributed by atoms with Gasteiger partial charge in [0.2, 0.25) is 11.8 Å². The first-order valence-corrected chi connectivity index (χ1v) is 13.4. The Balaban J connectivity index is 1.57. The fourth-order valence-corrected chi connectivity index (χ4v) is 4.98. The first kappa shape index (κ1) is 27.9. The molecule has 2 heterocycles. The Kier molecular flexibility index (Phi) is 8.64. The van der Waals surface area contributed by atoms with Crippen molar-refractivity contribution in [2.45, 2.75) is 31.5 Å². The SMILES string of the molecule is COc1ccc(N(C(=O)Cn2nnc3ccccc32)C(C(=O)NCC2CCCO2)c2ccc(OC)c(OC)c2)cc1. The molecule has 214 valence electrons. The highest BCUT2D eigenvalue weighted by Crippen LogP contribution is 2.35. The number of methoxy groups -OCH3 is 3. The molecular weight excluding hydrogens is 526 g/mol. The number of para-hydroxylation sites is 1. The van der Waals surface area contributed by atoms with Crippen LogP contribution < -0.4 is 24.4 Å². The van der Waals surface area contributed by atoms with Crippen molar-refractivity contribution in [3.05, 3.63) is 72.3 Å². The van der Waals surface area contributed by atoms with E-state index in [1.807, 2.05) is 24.3 Å². The Bertz CT molecular complexity index is 1500. The Morgan fingerprint density at radius 3 is 2.51 bits per heavy atom. The third kappa shape index (κ3) is 6.09. The molecule has 2 amide bonds. The number of amides is 2. The zero-order valence-electron chi connectivity index (χ0n) is 23.3. The van der Waals surface area contributed by atoms with Crippen molar-refractivity contribution in [1.29, 1.82) is 0 Å². The summed E-state index contributed by atoms with van der Waals surface area (Å²) in [6.45, 7) is 0.859. The number of nitrogens with one attached hydrogen (secondary N) is 1. The van der Waals surface area contributed by atoms with E-state index in [-0.39, 0.29) is 24.5 Å². The molecule has 3 aromatic carbocycles. The van der Waals surface area contributed by atoms with Crippen LogP contribution in [0, 0.1) is 0 Å². The predicted molar refractivity (Wildman–Crippen MR) is 152 cm³/mol. The molecular formula is C30H33N5O6. The van der Waals surface area contributed by atoms with Crippen LogP contribution in [0.4, 0.5) is 5.69 Å². The van der Waals surface area contributed by atoms with Gasteiger partial charge in [-0.25, -0.2) is 4.68 Å². The normalized spacial score (nSPS) is 15.3. The molecule has 0 spiro atoms. The van der Waals surface area contributed by atoms with E-state index in [0.717, 1.165) is 12.8 Å². The minimum Gasteiger partial charge on any atom is -0.497 e. The van der Waals surface area contributed by atoms with Crippen LogP contribution in [0.3, 0.4) is 0 Å². The van der Waals surface area contributed by atoms with Crippen LogP contribution in [-0.2, 0) is 20.9 Å². The highest BCUT2D eigenvalue weighted by atomic mass is 16.5. The molecule has 1 aliphatic heterocycles. The van der Waals surface area contributed by atoms with Crippen molar-refractivity contribution in [2.75, 3.05) is 39.4 Å². The smallest absolute Gasteiger partial charge is 0.249 e. The van der Waals surface area contributed by atoms with Crippen LogP contribution in [0.25, 0.3) is 11.0 Å².